The molecule has 8 heteroatoms. The number of halogens is 5. The SMILES string of the molecule is FC1(F)CC(c2ccc(C3CNC3)cc2)C1.O=C(O)C(F)(F)F. The van der Waals surface area contributed by atoms with Gasteiger partial charge in [0, 0.05) is 31.8 Å². The predicted octanol–water partition coefficient (Wildman–Crippen LogP) is 3.52. The smallest absolute Gasteiger partial charge is 0.475 e. The molecule has 1 saturated carbocycles. The molecule has 0 bridgehead atoms. The van der Waals surface area contributed by atoms with Crippen LogP contribution in [0.3, 0.4) is 0 Å². The monoisotopic (exact) mass is 337 g/mol. The molecule has 23 heavy (non-hydrogen) atoms. The Balaban J connectivity index is 0.000000236. The predicted molar refractivity (Wildman–Crippen MR) is 72.7 cm³/mol. The highest BCUT2D eigenvalue weighted by Gasteiger charge is 2.45. The fourth-order valence-electron chi connectivity index (χ4n) is 2.46. The van der Waals surface area contributed by atoms with Crippen molar-refractivity contribution < 1.29 is 31.9 Å². The Kier molecular flexibility index (Phi) is 4.93. The Morgan fingerprint density at radius 3 is 1.70 bits per heavy atom. The Morgan fingerprint density at radius 2 is 1.43 bits per heavy atom. The third-order valence-corrected chi connectivity index (χ3v) is 3.99. The summed E-state index contributed by atoms with van der Waals surface area (Å²) in [4.78, 5) is 8.90. The molecule has 0 radical (unpaired) electrons. The van der Waals surface area contributed by atoms with Gasteiger partial charge in [-0.15, -0.1) is 0 Å². The van der Waals surface area contributed by atoms with Crippen LogP contribution in [-0.2, 0) is 4.79 Å². The van der Waals surface area contributed by atoms with Crippen LogP contribution in [0.5, 0.6) is 0 Å². The Bertz CT molecular complexity index is 544. The lowest BCUT2D eigenvalue weighted by Gasteiger charge is -2.35. The molecule has 0 amide bonds. The van der Waals surface area contributed by atoms with Crippen LogP contribution in [0.15, 0.2) is 24.3 Å². The molecule has 3 nitrogen and oxygen atoms in total. The van der Waals surface area contributed by atoms with Crippen LogP contribution in [0.1, 0.15) is 35.8 Å². The van der Waals surface area contributed by atoms with Gasteiger partial charge in [-0.1, -0.05) is 24.3 Å². The fraction of sp³-hybridized carbons (Fsp3) is 0.533. The van der Waals surface area contributed by atoms with Crippen molar-refractivity contribution in [1.82, 2.24) is 5.32 Å². The highest BCUT2D eigenvalue weighted by molar-refractivity contribution is 5.73. The van der Waals surface area contributed by atoms with Crippen molar-refractivity contribution in [2.45, 2.75) is 36.8 Å². The number of rotatable bonds is 2. The molecular weight excluding hydrogens is 321 g/mol. The number of carboxylic acids is 1. The van der Waals surface area contributed by atoms with Crippen LogP contribution in [0.4, 0.5) is 22.0 Å². The summed E-state index contributed by atoms with van der Waals surface area (Å²) in [6.45, 7) is 2.09. The number of aliphatic carboxylic acids is 1. The second kappa shape index (κ2) is 6.43. The molecular formula is C15H16F5NO2. The van der Waals surface area contributed by atoms with Crippen LogP contribution in [-0.4, -0.2) is 36.3 Å². The van der Waals surface area contributed by atoms with E-state index in [0.717, 1.165) is 18.7 Å². The number of benzene rings is 1. The zero-order valence-electron chi connectivity index (χ0n) is 12.0. The van der Waals surface area contributed by atoms with E-state index in [2.05, 4.69) is 17.4 Å². The van der Waals surface area contributed by atoms with Crippen LogP contribution >= 0.6 is 0 Å². The molecule has 1 saturated heterocycles. The van der Waals surface area contributed by atoms with Crippen LogP contribution in [0, 0.1) is 0 Å². The molecule has 1 aromatic carbocycles. The summed E-state index contributed by atoms with van der Waals surface area (Å²) >= 11 is 0. The summed E-state index contributed by atoms with van der Waals surface area (Å²) in [5.41, 5.74) is 2.40. The van der Waals surface area contributed by atoms with E-state index in [1.54, 1.807) is 0 Å². The van der Waals surface area contributed by atoms with Gasteiger partial charge in [-0.25, -0.2) is 13.6 Å². The Morgan fingerprint density at radius 1 is 1.04 bits per heavy atom. The van der Waals surface area contributed by atoms with Gasteiger partial charge in [0.05, 0.1) is 0 Å². The molecule has 3 rings (SSSR count). The first-order valence-corrected chi connectivity index (χ1v) is 7.07. The van der Waals surface area contributed by atoms with Gasteiger partial charge < -0.3 is 10.4 Å². The minimum atomic E-state index is -5.08. The third kappa shape index (κ3) is 4.63. The van der Waals surface area contributed by atoms with Crippen molar-refractivity contribution in [3.05, 3.63) is 35.4 Å². The summed E-state index contributed by atoms with van der Waals surface area (Å²) in [5.74, 6) is -4.48. The highest BCUT2D eigenvalue weighted by atomic mass is 19.4. The summed E-state index contributed by atoms with van der Waals surface area (Å²) in [6.07, 6.45) is -5.03. The normalized spacial score (nSPS) is 20.7. The second-order valence-electron chi connectivity index (χ2n) is 5.79. The van der Waals surface area contributed by atoms with Crippen molar-refractivity contribution >= 4 is 5.97 Å². The summed E-state index contributed by atoms with van der Waals surface area (Å²) < 4.78 is 57.2. The average Bonchev–Trinajstić information content (AvgIpc) is 2.34. The first-order chi connectivity index (χ1) is 10.6. The topological polar surface area (TPSA) is 49.3 Å². The fourth-order valence-corrected chi connectivity index (χ4v) is 2.46. The van der Waals surface area contributed by atoms with Crippen molar-refractivity contribution in [3.8, 4) is 0 Å². The van der Waals surface area contributed by atoms with Crippen LogP contribution < -0.4 is 5.32 Å². The van der Waals surface area contributed by atoms with E-state index in [-0.39, 0.29) is 18.8 Å². The zero-order chi connectivity index (χ0) is 17.3. The molecule has 1 aliphatic heterocycles. The summed E-state index contributed by atoms with van der Waals surface area (Å²) in [7, 11) is 0. The lowest BCUT2D eigenvalue weighted by atomic mass is 9.76. The standard InChI is InChI=1S/C13H15F2N.C2HF3O2/c14-13(15)5-11(6-13)9-1-3-10(4-2-9)12-7-16-8-12;3-2(4,5)1(6)7/h1-4,11-12,16H,5-8H2;(H,6,7). The number of hydrogen-bond donors (Lipinski definition) is 2. The number of alkyl halides is 5. The molecule has 0 atom stereocenters. The molecule has 128 valence electrons. The van der Waals surface area contributed by atoms with E-state index in [1.165, 1.54) is 5.56 Å². The van der Waals surface area contributed by atoms with Crippen molar-refractivity contribution in [3.63, 3.8) is 0 Å². The molecule has 0 aromatic heterocycles. The molecule has 1 heterocycles. The van der Waals surface area contributed by atoms with E-state index in [0.29, 0.717) is 5.92 Å². The van der Waals surface area contributed by atoms with Gasteiger partial charge in [0.25, 0.3) is 0 Å². The number of carbonyl (C=O) groups is 1. The maximum atomic E-state index is 12.7. The van der Waals surface area contributed by atoms with Crippen LogP contribution in [0.25, 0.3) is 0 Å². The van der Waals surface area contributed by atoms with Crippen molar-refractivity contribution in [2.75, 3.05) is 13.1 Å². The van der Waals surface area contributed by atoms with Gasteiger partial charge in [-0.2, -0.15) is 13.2 Å². The molecule has 1 aromatic rings. The van der Waals surface area contributed by atoms with Gasteiger partial charge in [-0.3, -0.25) is 0 Å². The van der Waals surface area contributed by atoms with Crippen molar-refractivity contribution in [2.24, 2.45) is 0 Å². The second-order valence-corrected chi connectivity index (χ2v) is 5.79. The lowest BCUT2D eigenvalue weighted by Crippen LogP contribution is -2.39. The first kappa shape index (κ1) is 17.7. The molecule has 0 unspecified atom stereocenters. The Hall–Kier alpha value is -1.70. The quantitative estimate of drug-likeness (QED) is 0.812. The summed E-state index contributed by atoms with van der Waals surface area (Å²) in [6, 6.07) is 8.23. The minimum absolute atomic E-state index is 0.0251. The van der Waals surface area contributed by atoms with Crippen LogP contribution in [0.2, 0.25) is 0 Å². The molecule has 2 N–H and O–H groups in total. The van der Waals surface area contributed by atoms with Crippen molar-refractivity contribution in [1.29, 1.82) is 0 Å². The zero-order valence-corrected chi connectivity index (χ0v) is 12.0. The minimum Gasteiger partial charge on any atom is -0.475 e. The number of carboxylic acid groups (broad SMARTS) is 1. The molecule has 1 aliphatic carbocycles. The van der Waals surface area contributed by atoms with E-state index in [9.17, 15) is 22.0 Å². The largest absolute Gasteiger partial charge is 0.490 e. The Labute approximate surface area is 129 Å². The highest BCUT2D eigenvalue weighted by Crippen LogP contribution is 2.48. The molecule has 2 fully saturated rings. The van der Waals surface area contributed by atoms with Gasteiger partial charge in [0.2, 0.25) is 5.92 Å². The molecule has 2 aliphatic rings. The van der Waals surface area contributed by atoms with Gasteiger partial charge in [-0.05, 0) is 17.0 Å². The number of nitrogens with one attached hydrogen (secondary N) is 1. The summed E-state index contributed by atoms with van der Waals surface area (Å²) in [5, 5.41) is 10.4. The van der Waals surface area contributed by atoms with E-state index in [1.807, 2.05) is 12.1 Å². The third-order valence-electron chi connectivity index (χ3n) is 3.99. The average molecular weight is 337 g/mol. The lowest BCUT2D eigenvalue weighted by molar-refractivity contribution is -0.192. The maximum Gasteiger partial charge on any atom is 0.490 e. The first-order valence-electron chi connectivity index (χ1n) is 7.07. The van der Waals surface area contributed by atoms with Gasteiger partial charge in [0.1, 0.15) is 0 Å². The molecule has 0 spiro atoms. The van der Waals surface area contributed by atoms with Gasteiger partial charge in [0.15, 0.2) is 0 Å². The van der Waals surface area contributed by atoms with Gasteiger partial charge >= 0.3 is 12.1 Å². The van der Waals surface area contributed by atoms with E-state index in [4.69, 9.17) is 9.90 Å². The van der Waals surface area contributed by atoms with E-state index < -0.39 is 18.1 Å². The number of hydrogen-bond acceptors (Lipinski definition) is 2. The van der Waals surface area contributed by atoms with E-state index >= 15 is 0 Å². The maximum absolute atomic E-state index is 12.7.